The van der Waals surface area contributed by atoms with Gasteiger partial charge in [0.1, 0.15) is 0 Å². The highest BCUT2D eigenvalue weighted by atomic mass is 15.3. The molecular weight excluding hydrogens is 250 g/mol. The number of hydrogen-bond donors (Lipinski definition) is 1. The molecule has 0 unspecified atom stereocenters. The zero-order valence-corrected chi connectivity index (χ0v) is 13.2. The number of hydrogen-bond acceptors (Lipinski definition) is 4. The standard InChI is InChI=1S/C15H29N5/c1-4-14-12-15(20(5-2)17-14)13-18(3)10-11-19-8-6-16-7-9-19/h12,16H,4-11,13H2,1-3H3. The van der Waals surface area contributed by atoms with Crippen molar-refractivity contribution < 1.29 is 0 Å². The minimum atomic E-state index is 0.959. The molecule has 5 nitrogen and oxygen atoms in total. The maximum atomic E-state index is 4.62. The van der Waals surface area contributed by atoms with Crippen LogP contribution in [0.5, 0.6) is 0 Å². The fourth-order valence-electron chi connectivity index (χ4n) is 2.69. The smallest absolute Gasteiger partial charge is 0.0625 e. The molecule has 0 bridgehead atoms. The summed E-state index contributed by atoms with van der Waals surface area (Å²) in [6.45, 7) is 13.2. The normalized spacial score (nSPS) is 17.0. The summed E-state index contributed by atoms with van der Waals surface area (Å²) in [4.78, 5) is 4.95. The molecule has 1 fully saturated rings. The summed E-state index contributed by atoms with van der Waals surface area (Å²) in [5, 5.41) is 8.02. The molecule has 0 amide bonds. The maximum absolute atomic E-state index is 4.62. The van der Waals surface area contributed by atoms with Crippen LogP contribution in [0.1, 0.15) is 25.2 Å². The van der Waals surface area contributed by atoms with Crippen LogP contribution in [0.25, 0.3) is 0 Å². The van der Waals surface area contributed by atoms with Crippen LogP contribution in [-0.4, -0.2) is 65.9 Å². The van der Waals surface area contributed by atoms with E-state index in [9.17, 15) is 0 Å². The Morgan fingerprint density at radius 3 is 2.70 bits per heavy atom. The highest BCUT2D eigenvalue weighted by Crippen LogP contribution is 2.08. The van der Waals surface area contributed by atoms with Crippen molar-refractivity contribution in [2.75, 3.05) is 46.3 Å². The van der Waals surface area contributed by atoms with Crippen molar-refractivity contribution in [1.29, 1.82) is 0 Å². The second-order valence-electron chi connectivity index (χ2n) is 5.63. The molecule has 1 aromatic rings. The lowest BCUT2D eigenvalue weighted by Gasteiger charge is -2.29. The van der Waals surface area contributed by atoms with Crippen LogP contribution in [0, 0.1) is 0 Å². The van der Waals surface area contributed by atoms with Crippen molar-refractivity contribution in [1.82, 2.24) is 24.9 Å². The number of piperazine rings is 1. The summed E-state index contributed by atoms with van der Waals surface area (Å²) in [5.74, 6) is 0. The number of nitrogens with zero attached hydrogens (tertiary/aromatic N) is 4. The number of likely N-dealkylation sites (N-methyl/N-ethyl adjacent to an activating group) is 1. The van der Waals surface area contributed by atoms with Gasteiger partial charge < -0.3 is 5.32 Å². The van der Waals surface area contributed by atoms with Gasteiger partial charge in [-0.15, -0.1) is 0 Å². The quantitative estimate of drug-likeness (QED) is 0.801. The van der Waals surface area contributed by atoms with Gasteiger partial charge in [0.2, 0.25) is 0 Å². The number of aromatic nitrogens is 2. The molecule has 1 aliphatic rings. The van der Waals surface area contributed by atoms with Crippen molar-refractivity contribution in [2.24, 2.45) is 0 Å². The molecule has 2 rings (SSSR count). The first-order valence-corrected chi connectivity index (χ1v) is 7.90. The Morgan fingerprint density at radius 2 is 2.05 bits per heavy atom. The lowest BCUT2D eigenvalue weighted by molar-refractivity contribution is 0.200. The van der Waals surface area contributed by atoms with E-state index in [0.29, 0.717) is 0 Å². The number of nitrogens with one attached hydrogen (secondary N) is 1. The van der Waals surface area contributed by atoms with Crippen LogP contribution in [0.3, 0.4) is 0 Å². The van der Waals surface area contributed by atoms with Gasteiger partial charge in [0.05, 0.1) is 11.4 Å². The molecule has 1 saturated heterocycles. The molecular formula is C15H29N5. The van der Waals surface area contributed by atoms with E-state index >= 15 is 0 Å². The molecule has 114 valence electrons. The average molecular weight is 279 g/mol. The fraction of sp³-hybridized carbons (Fsp3) is 0.800. The van der Waals surface area contributed by atoms with Crippen molar-refractivity contribution in [3.8, 4) is 0 Å². The summed E-state index contributed by atoms with van der Waals surface area (Å²) < 4.78 is 2.14. The summed E-state index contributed by atoms with van der Waals surface area (Å²) in [6, 6.07) is 2.25. The van der Waals surface area contributed by atoms with E-state index in [2.05, 4.69) is 51.9 Å². The molecule has 0 saturated carbocycles. The van der Waals surface area contributed by atoms with E-state index in [-0.39, 0.29) is 0 Å². The van der Waals surface area contributed by atoms with Gasteiger partial charge in [-0.05, 0) is 26.5 Å². The SMILES string of the molecule is CCc1cc(CN(C)CCN2CCNCC2)n(CC)n1. The van der Waals surface area contributed by atoms with Gasteiger partial charge >= 0.3 is 0 Å². The second-order valence-corrected chi connectivity index (χ2v) is 5.63. The first-order chi connectivity index (χ1) is 9.72. The molecule has 1 aromatic heterocycles. The van der Waals surface area contributed by atoms with E-state index in [1.165, 1.54) is 31.0 Å². The number of aryl methyl sites for hydroxylation is 2. The molecule has 0 aliphatic carbocycles. The highest BCUT2D eigenvalue weighted by molar-refractivity contribution is 5.10. The second kappa shape index (κ2) is 7.76. The van der Waals surface area contributed by atoms with Gasteiger partial charge in [0.15, 0.2) is 0 Å². The first kappa shape index (κ1) is 15.5. The zero-order valence-electron chi connectivity index (χ0n) is 13.2. The zero-order chi connectivity index (χ0) is 14.4. The number of rotatable bonds is 7. The Bertz CT molecular complexity index is 395. The van der Waals surface area contributed by atoms with Crippen LogP contribution in [0.2, 0.25) is 0 Å². The van der Waals surface area contributed by atoms with Gasteiger partial charge in [0.25, 0.3) is 0 Å². The fourth-order valence-corrected chi connectivity index (χ4v) is 2.69. The predicted octanol–water partition coefficient (Wildman–Crippen LogP) is 0.802. The minimum absolute atomic E-state index is 0.959. The molecule has 1 N–H and O–H groups in total. The van der Waals surface area contributed by atoms with Crippen molar-refractivity contribution in [2.45, 2.75) is 33.4 Å². The Morgan fingerprint density at radius 1 is 1.30 bits per heavy atom. The van der Waals surface area contributed by atoms with Gasteiger partial charge in [-0.25, -0.2) is 0 Å². The van der Waals surface area contributed by atoms with Crippen LogP contribution in [-0.2, 0) is 19.5 Å². The minimum Gasteiger partial charge on any atom is -0.314 e. The summed E-state index contributed by atoms with van der Waals surface area (Å²) in [6.07, 6.45) is 1.02. The van der Waals surface area contributed by atoms with Crippen molar-refractivity contribution in [3.63, 3.8) is 0 Å². The summed E-state index contributed by atoms with van der Waals surface area (Å²) in [7, 11) is 2.21. The van der Waals surface area contributed by atoms with Gasteiger partial charge in [-0.3, -0.25) is 14.5 Å². The van der Waals surface area contributed by atoms with E-state index in [4.69, 9.17) is 0 Å². The third-order valence-electron chi connectivity index (χ3n) is 4.02. The lowest BCUT2D eigenvalue weighted by atomic mass is 10.3. The van der Waals surface area contributed by atoms with Gasteiger partial charge in [-0.1, -0.05) is 6.92 Å². The topological polar surface area (TPSA) is 36.3 Å². The molecule has 5 heteroatoms. The van der Waals surface area contributed by atoms with Crippen molar-refractivity contribution >= 4 is 0 Å². The Kier molecular flexibility index (Phi) is 6.01. The Balaban J connectivity index is 1.81. The van der Waals surface area contributed by atoms with Crippen LogP contribution >= 0.6 is 0 Å². The molecule has 0 radical (unpaired) electrons. The van der Waals surface area contributed by atoms with E-state index in [1.54, 1.807) is 0 Å². The molecule has 0 aromatic carbocycles. The molecule has 1 aliphatic heterocycles. The summed E-state index contributed by atoms with van der Waals surface area (Å²) >= 11 is 0. The van der Waals surface area contributed by atoms with Gasteiger partial charge in [-0.2, -0.15) is 5.10 Å². The van der Waals surface area contributed by atoms with E-state index in [0.717, 1.165) is 39.1 Å². The third-order valence-corrected chi connectivity index (χ3v) is 4.02. The maximum Gasteiger partial charge on any atom is 0.0625 e. The van der Waals surface area contributed by atoms with E-state index in [1.807, 2.05) is 0 Å². The Labute approximate surface area is 122 Å². The summed E-state index contributed by atoms with van der Waals surface area (Å²) in [5.41, 5.74) is 2.55. The first-order valence-electron chi connectivity index (χ1n) is 7.90. The van der Waals surface area contributed by atoms with Crippen LogP contribution in [0.4, 0.5) is 0 Å². The molecule has 2 heterocycles. The predicted molar refractivity (Wildman–Crippen MR) is 82.9 cm³/mol. The van der Waals surface area contributed by atoms with Gasteiger partial charge in [0, 0.05) is 52.4 Å². The third kappa shape index (κ3) is 4.30. The lowest BCUT2D eigenvalue weighted by Crippen LogP contribution is -2.45. The molecule has 0 spiro atoms. The largest absolute Gasteiger partial charge is 0.314 e. The van der Waals surface area contributed by atoms with E-state index < -0.39 is 0 Å². The van der Waals surface area contributed by atoms with Crippen LogP contribution in [0.15, 0.2) is 6.07 Å². The van der Waals surface area contributed by atoms with Crippen molar-refractivity contribution in [3.05, 3.63) is 17.5 Å². The van der Waals surface area contributed by atoms with Crippen LogP contribution < -0.4 is 5.32 Å². The highest BCUT2D eigenvalue weighted by Gasteiger charge is 2.12. The molecule has 0 atom stereocenters. The Hall–Kier alpha value is -0.910. The average Bonchev–Trinajstić information content (AvgIpc) is 2.88. The monoisotopic (exact) mass is 279 g/mol. The molecule has 20 heavy (non-hydrogen) atoms.